The van der Waals surface area contributed by atoms with Crippen molar-refractivity contribution < 1.29 is 9.53 Å². The summed E-state index contributed by atoms with van der Waals surface area (Å²) in [7, 11) is 0. The zero-order valence-electron chi connectivity index (χ0n) is 22.8. The lowest BCUT2D eigenvalue weighted by molar-refractivity contribution is -0.148. The Kier molecular flexibility index (Phi) is 7.43. The van der Waals surface area contributed by atoms with E-state index in [1.54, 1.807) is 12.5 Å². The number of hydrogen-bond acceptors (Lipinski definition) is 2. The molecule has 0 spiro atoms. The Labute approximate surface area is 204 Å². The van der Waals surface area contributed by atoms with Gasteiger partial charge in [0.1, 0.15) is 6.10 Å². The van der Waals surface area contributed by atoms with Gasteiger partial charge >= 0.3 is 5.97 Å². The van der Waals surface area contributed by atoms with Crippen molar-refractivity contribution in [1.82, 2.24) is 0 Å². The summed E-state index contributed by atoms with van der Waals surface area (Å²) < 4.78 is 5.63. The van der Waals surface area contributed by atoms with Crippen molar-refractivity contribution in [3.63, 3.8) is 0 Å². The average Bonchev–Trinajstić information content (AvgIpc) is 3.11. The number of fused-ring (bicyclic) bond motifs is 5. The van der Waals surface area contributed by atoms with E-state index in [4.69, 9.17) is 4.74 Å². The van der Waals surface area contributed by atoms with E-state index in [1.807, 2.05) is 0 Å². The van der Waals surface area contributed by atoms with Crippen LogP contribution in [-0.2, 0) is 9.53 Å². The van der Waals surface area contributed by atoms with Gasteiger partial charge in [-0.15, -0.1) is 0 Å². The van der Waals surface area contributed by atoms with E-state index in [9.17, 15) is 4.79 Å². The van der Waals surface area contributed by atoms with Crippen LogP contribution >= 0.6 is 0 Å². The summed E-state index contributed by atoms with van der Waals surface area (Å²) in [6.45, 7) is 16.6. The molecule has 4 aliphatic carbocycles. The highest BCUT2D eigenvalue weighted by molar-refractivity contribution is 5.66. The maximum atomic E-state index is 11.5. The Hall–Kier alpha value is -0.790. The van der Waals surface area contributed by atoms with Gasteiger partial charge in [-0.05, 0) is 104 Å². The van der Waals surface area contributed by atoms with Gasteiger partial charge in [-0.3, -0.25) is 4.79 Å². The zero-order valence-corrected chi connectivity index (χ0v) is 22.8. The highest BCUT2D eigenvalue weighted by atomic mass is 16.5. The van der Waals surface area contributed by atoms with Crippen LogP contribution in [0.3, 0.4) is 0 Å². The molecule has 0 aromatic heterocycles. The molecule has 3 fully saturated rings. The summed E-state index contributed by atoms with van der Waals surface area (Å²) in [6, 6.07) is 0. The Bertz CT molecular complexity index is 737. The van der Waals surface area contributed by atoms with E-state index >= 15 is 0 Å². The molecule has 0 amide bonds. The number of ether oxygens (including phenoxy) is 1. The third kappa shape index (κ3) is 4.58. The highest BCUT2D eigenvalue weighted by Crippen LogP contribution is 2.67. The predicted octanol–water partition coefficient (Wildman–Crippen LogP) is 8.60. The van der Waals surface area contributed by atoms with E-state index in [2.05, 4.69) is 47.6 Å². The van der Waals surface area contributed by atoms with Crippen molar-refractivity contribution in [3.05, 3.63) is 11.6 Å². The van der Waals surface area contributed by atoms with Gasteiger partial charge in [-0.1, -0.05) is 66.0 Å². The largest absolute Gasteiger partial charge is 0.462 e. The minimum atomic E-state index is -0.115. The molecule has 2 heteroatoms. The van der Waals surface area contributed by atoms with Gasteiger partial charge in [0.05, 0.1) is 0 Å². The molecular weight excluding hydrogens is 404 g/mol. The molecule has 0 saturated heterocycles. The predicted molar refractivity (Wildman–Crippen MR) is 138 cm³/mol. The highest BCUT2D eigenvalue weighted by Gasteiger charge is 2.59. The molecule has 0 bridgehead atoms. The first kappa shape index (κ1) is 25.3. The second kappa shape index (κ2) is 9.69. The molecule has 0 radical (unpaired) electrons. The van der Waals surface area contributed by atoms with E-state index in [-0.39, 0.29) is 12.1 Å². The molecule has 0 aliphatic heterocycles. The van der Waals surface area contributed by atoms with Crippen molar-refractivity contribution in [2.75, 3.05) is 0 Å². The summed E-state index contributed by atoms with van der Waals surface area (Å²) in [5.41, 5.74) is 2.51. The summed E-state index contributed by atoms with van der Waals surface area (Å²) in [6.07, 6.45) is 17.2. The molecule has 188 valence electrons. The molecule has 0 N–H and O–H groups in total. The fourth-order valence-electron chi connectivity index (χ4n) is 9.63. The first-order valence-corrected chi connectivity index (χ1v) is 14.5. The summed E-state index contributed by atoms with van der Waals surface area (Å²) in [4.78, 5) is 11.5. The Balaban J connectivity index is 1.46. The lowest BCUT2D eigenvalue weighted by atomic mass is 9.47. The number of carbonyl (C=O) groups is 1. The van der Waals surface area contributed by atoms with Gasteiger partial charge in [0.25, 0.3) is 0 Å². The quantitative estimate of drug-likeness (QED) is 0.283. The van der Waals surface area contributed by atoms with Crippen LogP contribution < -0.4 is 0 Å². The van der Waals surface area contributed by atoms with Crippen molar-refractivity contribution >= 4 is 5.97 Å². The van der Waals surface area contributed by atoms with Crippen LogP contribution in [0.15, 0.2) is 11.6 Å². The smallest absolute Gasteiger partial charge is 0.302 e. The molecular formula is C31H52O2. The first-order chi connectivity index (χ1) is 15.6. The van der Waals surface area contributed by atoms with Crippen molar-refractivity contribution in [3.8, 4) is 0 Å². The number of hydrogen-bond donors (Lipinski definition) is 0. The van der Waals surface area contributed by atoms with Crippen LogP contribution in [0, 0.1) is 52.3 Å². The van der Waals surface area contributed by atoms with Crippen molar-refractivity contribution in [1.29, 1.82) is 0 Å². The minimum Gasteiger partial charge on any atom is -0.462 e. The SMILES string of the molecule is CC[C@H](CC[C@@H](C)[C@H]1CCC2[C@@H]3CC=C4C[C@@H](OC(C)=O)CC[C@]4(C)C3CC[C@@]21C)C(C)C. The van der Waals surface area contributed by atoms with Gasteiger partial charge in [-0.2, -0.15) is 0 Å². The van der Waals surface area contributed by atoms with Crippen LogP contribution in [0.25, 0.3) is 0 Å². The van der Waals surface area contributed by atoms with Gasteiger partial charge in [-0.25, -0.2) is 0 Å². The van der Waals surface area contributed by atoms with Crippen molar-refractivity contribution in [2.45, 2.75) is 125 Å². The lowest BCUT2D eigenvalue weighted by Crippen LogP contribution is -2.51. The minimum absolute atomic E-state index is 0.113. The van der Waals surface area contributed by atoms with Crippen LogP contribution in [0.4, 0.5) is 0 Å². The number of rotatable bonds is 7. The Morgan fingerprint density at radius 1 is 1.06 bits per heavy atom. The molecule has 9 atom stereocenters. The molecule has 4 rings (SSSR count). The monoisotopic (exact) mass is 456 g/mol. The van der Waals surface area contributed by atoms with E-state index < -0.39 is 0 Å². The normalized spacial score (nSPS) is 42.1. The van der Waals surface area contributed by atoms with E-state index in [0.717, 1.165) is 54.3 Å². The maximum absolute atomic E-state index is 11.5. The van der Waals surface area contributed by atoms with Crippen LogP contribution in [0.5, 0.6) is 0 Å². The number of esters is 1. The van der Waals surface area contributed by atoms with Crippen LogP contribution in [0.2, 0.25) is 0 Å². The molecule has 33 heavy (non-hydrogen) atoms. The number of allylic oxidation sites excluding steroid dienone is 1. The molecule has 2 unspecified atom stereocenters. The molecule has 3 saturated carbocycles. The zero-order chi connectivity index (χ0) is 24.0. The Morgan fingerprint density at radius 2 is 1.82 bits per heavy atom. The second-order valence-corrected chi connectivity index (χ2v) is 13.4. The Morgan fingerprint density at radius 3 is 2.48 bits per heavy atom. The third-order valence-corrected chi connectivity index (χ3v) is 11.6. The molecule has 0 aromatic rings. The summed E-state index contributed by atoms with van der Waals surface area (Å²) >= 11 is 0. The lowest BCUT2D eigenvalue weighted by Gasteiger charge is -2.58. The molecule has 2 nitrogen and oxygen atoms in total. The summed E-state index contributed by atoms with van der Waals surface area (Å²) in [5.74, 6) is 6.03. The summed E-state index contributed by atoms with van der Waals surface area (Å²) in [5, 5.41) is 0. The van der Waals surface area contributed by atoms with Crippen molar-refractivity contribution in [2.24, 2.45) is 52.3 Å². The van der Waals surface area contributed by atoms with E-state index in [0.29, 0.717) is 10.8 Å². The molecule has 0 aromatic carbocycles. The number of carbonyl (C=O) groups excluding carboxylic acids is 1. The average molecular weight is 457 g/mol. The van der Waals surface area contributed by atoms with Gasteiger partial charge in [0.2, 0.25) is 0 Å². The maximum Gasteiger partial charge on any atom is 0.302 e. The first-order valence-electron chi connectivity index (χ1n) is 14.5. The molecule has 4 aliphatic rings. The van der Waals surface area contributed by atoms with Gasteiger partial charge in [0, 0.05) is 13.3 Å². The van der Waals surface area contributed by atoms with Gasteiger partial charge in [0.15, 0.2) is 0 Å². The standard InChI is InChI=1S/C31H52O2/c1-8-23(20(2)3)10-9-21(4)27-13-14-28-26-12-11-24-19-25(33-22(5)32)15-17-30(24,6)29(26)16-18-31(27,28)7/h11,20-21,23,25-29H,8-10,12-19H2,1-7H3/t21-,23-,25+,26+,27-,28?,29?,30+,31-/m1/s1. The molecule has 0 heterocycles. The fourth-order valence-corrected chi connectivity index (χ4v) is 9.63. The third-order valence-electron chi connectivity index (χ3n) is 11.6. The van der Waals surface area contributed by atoms with Crippen LogP contribution in [0.1, 0.15) is 119 Å². The fraction of sp³-hybridized carbons (Fsp3) is 0.903. The van der Waals surface area contributed by atoms with E-state index in [1.165, 1.54) is 57.8 Å². The van der Waals surface area contributed by atoms with Crippen LogP contribution in [-0.4, -0.2) is 12.1 Å². The van der Waals surface area contributed by atoms with Gasteiger partial charge < -0.3 is 4.74 Å². The second-order valence-electron chi connectivity index (χ2n) is 13.4. The topological polar surface area (TPSA) is 26.3 Å².